The first-order valence-corrected chi connectivity index (χ1v) is 4.95. The number of nitrogens with one attached hydrogen (secondary N) is 1. The lowest BCUT2D eigenvalue weighted by Gasteiger charge is -2.27. The molecule has 1 aromatic rings. The molecule has 3 N–H and O–H groups in total. The number of rotatable bonds is 2. The maximum atomic E-state index is 8.50. The second-order valence-electron chi connectivity index (χ2n) is 3.60. The fourth-order valence-electron chi connectivity index (χ4n) is 1.63. The van der Waals surface area contributed by atoms with Crippen LogP contribution in [0.25, 0.3) is 0 Å². The summed E-state index contributed by atoms with van der Waals surface area (Å²) in [5, 5.41) is 11.8. The molecule has 1 atom stereocenters. The third kappa shape index (κ3) is 2.13. The lowest BCUT2D eigenvalue weighted by Crippen LogP contribution is -2.31. The van der Waals surface area contributed by atoms with E-state index in [0.29, 0.717) is 18.7 Å². The van der Waals surface area contributed by atoms with E-state index in [-0.39, 0.29) is 6.04 Å². The van der Waals surface area contributed by atoms with Gasteiger partial charge in [-0.2, -0.15) is 5.26 Å². The summed E-state index contributed by atoms with van der Waals surface area (Å²) in [6.07, 6.45) is 1.34. The number of nitrogens with two attached hydrogens (primary N) is 1. The van der Waals surface area contributed by atoms with E-state index < -0.39 is 0 Å². The van der Waals surface area contributed by atoms with Crippen molar-refractivity contribution >= 4 is 11.4 Å². The fourth-order valence-corrected chi connectivity index (χ4v) is 1.63. The van der Waals surface area contributed by atoms with E-state index >= 15 is 0 Å². The average molecular weight is 203 g/mol. The number of benzene rings is 1. The quantitative estimate of drug-likeness (QED) is 0.718. The maximum Gasteiger partial charge on any atom is 0.142 e. The van der Waals surface area contributed by atoms with Crippen molar-refractivity contribution in [1.29, 1.82) is 5.26 Å². The molecular formula is C11H13N3O. The van der Waals surface area contributed by atoms with Crippen molar-refractivity contribution in [2.75, 3.05) is 17.7 Å². The topological polar surface area (TPSA) is 71.1 Å². The Morgan fingerprint density at radius 2 is 2.47 bits per heavy atom. The number of nitrogen functional groups attached to an aromatic ring is 1. The van der Waals surface area contributed by atoms with Gasteiger partial charge in [0.05, 0.1) is 17.8 Å². The van der Waals surface area contributed by atoms with Crippen LogP contribution in [0.15, 0.2) is 18.2 Å². The van der Waals surface area contributed by atoms with Gasteiger partial charge in [-0.25, -0.2) is 0 Å². The van der Waals surface area contributed by atoms with Crippen LogP contribution in [0.1, 0.15) is 12.8 Å². The van der Waals surface area contributed by atoms with E-state index in [2.05, 4.69) is 11.4 Å². The molecule has 0 radical (unpaired) electrons. The smallest absolute Gasteiger partial charge is 0.142 e. The molecule has 1 aliphatic heterocycles. The molecule has 0 aliphatic carbocycles. The number of anilines is 2. The van der Waals surface area contributed by atoms with E-state index in [4.69, 9.17) is 15.7 Å². The Hall–Kier alpha value is -1.89. The van der Waals surface area contributed by atoms with Gasteiger partial charge in [0.25, 0.3) is 0 Å². The Morgan fingerprint density at radius 1 is 1.60 bits per heavy atom. The summed E-state index contributed by atoms with van der Waals surface area (Å²) in [5.41, 5.74) is 7.31. The Bertz CT molecular complexity index is 397. The van der Waals surface area contributed by atoms with E-state index in [1.165, 1.54) is 0 Å². The summed E-state index contributed by atoms with van der Waals surface area (Å²) in [6, 6.07) is 7.87. The maximum absolute atomic E-state index is 8.50. The fraction of sp³-hybridized carbons (Fsp3) is 0.364. The van der Waals surface area contributed by atoms with Gasteiger partial charge in [0, 0.05) is 12.1 Å². The van der Waals surface area contributed by atoms with Crippen molar-refractivity contribution in [1.82, 2.24) is 0 Å². The van der Waals surface area contributed by atoms with Gasteiger partial charge in [0.1, 0.15) is 12.4 Å². The van der Waals surface area contributed by atoms with Crippen molar-refractivity contribution < 1.29 is 4.74 Å². The Labute approximate surface area is 88.6 Å². The Morgan fingerprint density at radius 3 is 3.27 bits per heavy atom. The highest BCUT2D eigenvalue weighted by Gasteiger charge is 2.18. The highest BCUT2D eigenvalue weighted by Crippen LogP contribution is 2.31. The zero-order valence-corrected chi connectivity index (χ0v) is 8.36. The Balaban J connectivity index is 2.09. The lowest BCUT2D eigenvalue weighted by molar-refractivity contribution is 0.279. The molecule has 0 saturated heterocycles. The Kier molecular flexibility index (Phi) is 2.64. The van der Waals surface area contributed by atoms with Gasteiger partial charge < -0.3 is 15.8 Å². The third-order valence-electron chi connectivity index (χ3n) is 2.41. The summed E-state index contributed by atoms with van der Waals surface area (Å²) in [6.45, 7) is 0.610. The van der Waals surface area contributed by atoms with Crippen LogP contribution in [0.2, 0.25) is 0 Å². The molecule has 15 heavy (non-hydrogen) atoms. The van der Waals surface area contributed by atoms with Gasteiger partial charge in [-0.3, -0.25) is 0 Å². The first-order chi connectivity index (χ1) is 7.29. The van der Waals surface area contributed by atoms with Crippen molar-refractivity contribution in [3.05, 3.63) is 18.2 Å². The van der Waals surface area contributed by atoms with Crippen LogP contribution >= 0.6 is 0 Å². The van der Waals surface area contributed by atoms with Gasteiger partial charge in [0.15, 0.2) is 0 Å². The molecule has 1 aliphatic rings. The van der Waals surface area contributed by atoms with E-state index in [1.54, 1.807) is 0 Å². The molecule has 2 rings (SSSR count). The monoisotopic (exact) mass is 203 g/mol. The molecule has 4 nitrogen and oxygen atoms in total. The van der Waals surface area contributed by atoms with Gasteiger partial charge in [-0.05, 0) is 24.6 Å². The van der Waals surface area contributed by atoms with E-state index in [1.807, 2.05) is 18.2 Å². The average Bonchev–Trinajstić information content (AvgIpc) is 2.25. The first-order valence-electron chi connectivity index (χ1n) is 4.95. The minimum absolute atomic E-state index is 0.207. The van der Waals surface area contributed by atoms with Crippen LogP contribution in [0, 0.1) is 11.3 Å². The summed E-state index contributed by atoms with van der Waals surface area (Å²) in [5.74, 6) is 0.831. The number of nitriles is 1. The molecule has 0 saturated carbocycles. The van der Waals surface area contributed by atoms with Crippen molar-refractivity contribution in [2.24, 2.45) is 0 Å². The molecule has 78 valence electrons. The van der Waals surface area contributed by atoms with Gasteiger partial charge in [-0.1, -0.05) is 0 Å². The van der Waals surface area contributed by atoms with Crippen LogP contribution < -0.4 is 15.8 Å². The predicted molar refractivity (Wildman–Crippen MR) is 58.6 cm³/mol. The van der Waals surface area contributed by atoms with Gasteiger partial charge in [0.2, 0.25) is 0 Å². The van der Waals surface area contributed by atoms with Crippen molar-refractivity contribution in [3.8, 4) is 11.8 Å². The molecule has 1 unspecified atom stereocenters. The summed E-state index contributed by atoms with van der Waals surface area (Å²) in [7, 11) is 0. The number of hydrogen-bond acceptors (Lipinski definition) is 4. The van der Waals surface area contributed by atoms with Gasteiger partial charge >= 0.3 is 0 Å². The second kappa shape index (κ2) is 4.09. The standard InChI is InChI=1S/C11H13N3O/c12-5-1-2-9-7-15-11-4-3-8(13)6-10(11)14-9/h3-4,6,9,14H,1-2,7,13H2. The molecule has 0 fully saturated rings. The molecule has 1 aromatic carbocycles. The molecule has 0 amide bonds. The van der Waals surface area contributed by atoms with Crippen LogP contribution in [-0.2, 0) is 0 Å². The van der Waals surface area contributed by atoms with Crippen molar-refractivity contribution in [2.45, 2.75) is 18.9 Å². The molecule has 4 heteroatoms. The highest BCUT2D eigenvalue weighted by atomic mass is 16.5. The minimum Gasteiger partial charge on any atom is -0.489 e. The lowest BCUT2D eigenvalue weighted by atomic mass is 10.1. The molecular weight excluding hydrogens is 190 g/mol. The van der Waals surface area contributed by atoms with Crippen molar-refractivity contribution in [3.63, 3.8) is 0 Å². The normalized spacial score (nSPS) is 18.2. The summed E-state index contributed by atoms with van der Waals surface area (Å²) < 4.78 is 5.56. The summed E-state index contributed by atoms with van der Waals surface area (Å²) in [4.78, 5) is 0. The number of fused-ring (bicyclic) bond motifs is 1. The largest absolute Gasteiger partial charge is 0.489 e. The number of hydrogen-bond donors (Lipinski definition) is 2. The van der Waals surface area contributed by atoms with Crippen LogP contribution in [0.5, 0.6) is 5.75 Å². The second-order valence-corrected chi connectivity index (χ2v) is 3.60. The predicted octanol–water partition coefficient (Wildman–Crippen LogP) is 1.75. The highest BCUT2D eigenvalue weighted by molar-refractivity contribution is 5.64. The van der Waals surface area contributed by atoms with Crippen LogP contribution in [0.4, 0.5) is 11.4 Å². The molecule has 0 spiro atoms. The minimum atomic E-state index is 0.207. The molecule has 0 bridgehead atoms. The van der Waals surface area contributed by atoms with Crippen LogP contribution in [0.3, 0.4) is 0 Å². The zero-order valence-electron chi connectivity index (χ0n) is 8.36. The summed E-state index contributed by atoms with van der Waals surface area (Å²) >= 11 is 0. The number of ether oxygens (including phenoxy) is 1. The van der Waals surface area contributed by atoms with E-state index in [0.717, 1.165) is 17.9 Å². The number of nitrogens with zero attached hydrogens (tertiary/aromatic N) is 1. The van der Waals surface area contributed by atoms with E-state index in [9.17, 15) is 0 Å². The SMILES string of the molecule is N#CCCC1COc2ccc(N)cc2N1. The zero-order chi connectivity index (χ0) is 10.7. The molecule has 1 heterocycles. The van der Waals surface area contributed by atoms with Crippen LogP contribution in [-0.4, -0.2) is 12.6 Å². The molecule has 0 aromatic heterocycles. The first kappa shape index (κ1) is 9.66. The third-order valence-corrected chi connectivity index (χ3v) is 2.41. The van der Waals surface area contributed by atoms with Gasteiger partial charge in [-0.15, -0.1) is 0 Å².